The molecule has 0 aliphatic rings. The predicted octanol–water partition coefficient (Wildman–Crippen LogP) is 3.22. The number of carbonyl (C=O) groups is 1. The minimum atomic E-state index is 0.0609. The first-order valence-electron chi connectivity index (χ1n) is 11.0. The number of amides is 1. The molecule has 0 radical (unpaired) electrons. The van der Waals surface area contributed by atoms with E-state index in [9.17, 15) is 4.79 Å². The quantitative estimate of drug-likeness (QED) is 0.308. The second-order valence-electron chi connectivity index (χ2n) is 7.60. The third kappa shape index (κ3) is 5.77. The first-order chi connectivity index (χ1) is 16.2. The second kappa shape index (κ2) is 11.1. The lowest BCUT2D eigenvalue weighted by atomic mass is 10.2. The van der Waals surface area contributed by atoms with E-state index in [2.05, 4.69) is 20.8 Å². The normalized spacial score (nSPS) is 11.2. The van der Waals surface area contributed by atoms with Crippen LogP contribution in [0.3, 0.4) is 0 Å². The molecular formula is C23H28N6O3S. The number of thiophene rings is 1. The van der Waals surface area contributed by atoms with Gasteiger partial charge in [0.15, 0.2) is 5.82 Å². The number of aryl methyl sites for hydroxylation is 1. The summed E-state index contributed by atoms with van der Waals surface area (Å²) in [5.74, 6) is 2.27. The first-order valence-corrected chi connectivity index (χ1v) is 11.8. The maximum Gasteiger partial charge on any atom is 0.225 e. The molecule has 1 amide bonds. The molecular weight excluding hydrogens is 440 g/mol. The summed E-state index contributed by atoms with van der Waals surface area (Å²) in [5.41, 5.74) is 2.41. The van der Waals surface area contributed by atoms with Crippen LogP contribution >= 0.6 is 11.3 Å². The van der Waals surface area contributed by atoms with E-state index in [1.54, 1.807) is 18.4 Å². The van der Waals surface area contributed by atoms with Gasteiger partial charge in [-0.1, -0.05) is 6.07 Å². The van der Waals surface area contributed by atoms with Crippen molar-refractivity contribution in [3.05, 3.63) is 46.4 Å². The topological polar surface area (TPSA) is 103 Å². The van der Waals surface area contributed by atoms with Gasteiger partial charge in [0, 0.05) is 31.1 Å². The number of unbranched alkanes of at least 4 members (excludes halogenated alkanes) is 1. The van der Waals surface area contributed by atoms with Crippen molar-refractivity contribution in [1.29, 1.82) is 0 Å². The second-order valence-corrected chi connectivity index (χ2v) is 8.63. The van der Waals surface area contributed by atoms with Crippen molar-refractivity contribution >= 4 is 39.7 Å². The Morgan fingerprint density at radius 3 is 2.85 bits per heavy atom. The highest BCUT2D eigenvalue weighted by Crippen LogP contribution is 2.25. The number of ether oxygens (including phenoxy) is 2. The van der Waals surface area contributed by atoms with Crippen LogP contribution in [0.4, 0.5) is 5.82 Å². The summed E-state index contributed by atoms with van der Waals surface area (Å²) >= 11 is 1.60. The molecule has 0 saturated carbocycles. The minimum absolute atomic E-state index is 0.0609. The Bertz CT molecular complexity index is 1210. The smallest absolute Gasteiger partial charge is 0.225 e. The van der Waals surface area contributed by atoms with Crippen LogP contribution in [-0.4, -0.2) is 58.9 Å². The van der Waals surface area contributed by atoms with Crippen LogP contribution in [0, 0.1) is 6.92 Å². The molecule has 0 saturated heterocycles. The van der Waals surface area contributed by atoms with Crippen molar-refractivity contribution in [2.45, 2.75) is 26.2 Å². The fourth-order valence-electron chi connectivity index (χ4n) is 3.53. The monoisotopic (exact) mass is 468 g/mol. The number of methoxy groups -OCH3 is 1. The van der Waals surface area contributed by atoms with Gasteiger partial charge in [0.05, 0.1) is 24.1 Å². The standard InChI is InChI=1S/C23H28N6O3S/c1-16-27-28-23-22(25-10-4-3-9-24-21(30)15-18-6-5-13-33-18)26-19-14-17(32-12-11-31-2)7-8-20(19)29(16)23/h5-8,13-14H,3-4,9-12,15H2,1-2H3,(H,24,30)(H,25,26). The van der Waals surface area contributed by atoms with Gasteiger partial charge < -0.3 is 20.1 Å². The maximum atomic E-state index is 12.0. The highest BCUT2D eigenvalue weighted by atomic mass is 32.1. The summed E-state index contributed by atoms with van der Waals surface area (Å²) < 4.78 is 12.8. The first kappa shape index (κ1) is 22.9. The van der Waals surface area contributed by atoms with Crippen molar-refractivity contribution in [2.75, 3.05) is 38.7 Å². The third-order valence-electron chi connectivity index (χ3n) is 5.15. The molecule has 0 atom stereocenters. The summed E-state index contributed by atoms with van der Waals surface area (Å²) in [6, 6.07) is 9.74. The van der Waals surface area contributed by atoms with Gasteiger partial charge in [0.1, 0.15) is 18.2 Å². The highest BCUT2D eigenvalue weighted by Gasteiger charge is 2.13. The van der Waals surface area contributed by atoms with Crippen molar-refractivity contribution < 1.29 is 14.3 Å². The van der Waals surface area contributed by atoms with E-state index in [1.165, 1.54) is 0 Å². The number of fused-ring (bicyclic) bond motifs is 3. The SMILES string of the molecule is COCCOc1ccc2c(c1)nc(NCCCCNC(=O)Cc1cccs1)c1nnc(C)n12. The van der Waals surface area contributed by atoms with Crippen LogP contribution in [0.25, 0.3) is 16.7 Å². The summed E-state index contributed by atoms with van der Waals surface area (Å²) in [5, 5.41) is 16.9. The molecule has 10 heteroatoms. The number of benzene rings is 1. The number of nitrogens with zero attached hydrogens (tertiary/aromatic N) is 4. The van der Waals surface area contributed by atoms with Gasteiger partial charge in [0.25, 0.3) is 0 Å². The molecule has 3 heterocycles. The molecule has 0 aliphatic carbocycles. The maximum absolute atomic E-state index is 12.0. The summed E-state index contributed by atoms with van der Waals surface area (Å²) in [4.78, 5) is 17.8. The molecule has 4 aromatic rings. The Morgan fingerprint density at radius 2 is 2.03 bits per heavy atom. The van der Waals surface area contributed by atoms with Crippen molar-refractivity contribution in [3.63, 3.8) is 0 Å². The zero-order valence-corrected chi connectivity index (χ0v) is 19.7. The molecule has 2 N–H and O–H groups in total. The van der Waals surface area contributed by atoms with Gasteiger partial charge in [0.2, 0.25) is 11.6 Å². The number of hydrogen-bond acceptors (Lipinski definition) is 8. The highest BCUT2D eigenvalue weighted by molar-refractivity contribution is 7.10. The predicted molar refractivity (Wildman–Crippen MR) is 129 cm³/mol. The van der Waals surface area contributed by atoms with Crippen LogP contribution in [0.2, 0.25) is 0 Å². The molecule has 9 nitrogen and oxygen atoms in total. The number of nitrogens with one attached hydrogen (secondary N) is 2. The van der Waals surface area contributed by atoms with Crippen molar-refractivity contribution in [3.8, 4) is 5.75 Å². The molecule has 0 bridgehead atoms. The van der Waals surface area contributed by atoms with Gasteiger partial charge in [-0.25, -0.2) is 4.98 Å². The molecule has 0 spiro atoms. The average Bonchev–Trinajstić information content (AvgIpc) is 3.46. The Labute approximate surface area is 196 Å². The van der Waals surface area contributed by atoms with Gasteiger partial charge in [-0.2, -0.15) is 0 Å². The lowest BCUT2D eigenvalue weighted by molar-refractivity contribution is -0.120. The number of carbonyl (C=O) groups excluding carboxylic acids is 1. The summed E-state index contributed by atoms with van der Waals surface area (Å²) in [7, 11) is 1.65. The Kier molecular flexibility index (Phi) is 7.69. The Hall–Kier alpha value is -3.24. The van der Waals surface area contributed by atoms with Crippen LogP contribution in [0.15, 0.2) is 35.7 Å². The van der Waals surface area contributed by atoms with E-state index < -0.39 is 0 Å². The third-order valence-corrected chi connectivity index (χ3v) is 6.02. The van der Waals surface area contributed by atoms with E-state index in [-0.39, 0.29) is 5.91 Å². The van der Waals surface area contributed by atoms with Crippen LogP contribution in [-0.2, 0) is 16.0 Å². The number of aromatic nitrogens is 4. The van der Waals surface area contributed by atoms with Crippen molar-refractivity contribution in [1.82, 2.24) is 24.9 Å². The van der Waals surface area contributed by atoms with Gasteiger partial charge in [-0.3, -0.25) is 9.20 Å². The minimum Gasteiger partial charge on any atom is -0.491 e. The van der Waals surface area contributed by atoms with Crippen LogP contribution in [0.1, 0.15) is 23.5 Å². The zero-order valence-electron chi connectivity index (χ0n) is 18.8. The van der Waals surface area contributed by atoms with E-state index in [0.29, 0.717) is 44.2 Å². The molecule has 3 aromatic heterocycles. The fourth-order valence-corrected chi connectivity index (χ4v) is 4.23. The number of rotatable bonds is 12. The summed E-state index contributed by atoms with van der Waals surface area (Å²) in [6.45, 7) is 4.29. The average molecular weight is 469 g/mol. The summed E-state index contributed by atoms with van der Waals surface area (Å²) in [6.07, 6.45) is 2.20. The molecule has 0 aliphatic heterocycles. The van der Waals surface area contributed by atoms with E-state index in [1.807, 2.05) is 47.0 Å². The lowest BCUT2D eigenvalue weighted by Crippen LogP contribution is -2.26. The van der Waals surface area contributed by atoms with Crippen LogP contribution < -0.4 is 15.4 Å². The van der Waals surface area contributed by atoms with E-state index >= 15 is 0 Å². The molecule has 1 aromatic carbocycles. The van der Waals surface area contributed by atoms with E-state index in [0.717, 1.165) is 40.3 Å². The molecule has 0 fully saturated rings. The largest absolute Gasteiger partial charge is 0.491 e. The molecule has 33 heavy (non-hydrogen) atoms. The van der Waals surface area contributed by atoms with Gasteiger partial charge in [-0.15, -0.1) is 21.5 Å². The lowest BCUT2D eigenvalue weighted by Gasteiger charge is -2.11. The Morgan fingerprint density at radius 1 is 1.15 bits per heavy atom. The van der Waals surface area contributed by atoms with E-state index in [4.69, 9.17) is 14.5 Å². The van der Waals surface area contributed by atoms with Crippen LogP contribution in [0.5, 0.6) is 5.75 Å². The molecule has 174 valence electrons. The van der Waals surface area contributed by atoms with Gasteiger partial charge in [-0.05, 0) is 43.3 Å². The number of hydrogen-bond donors (Lipinski definition) is 2. The molecule has 0 unspecified atom stereocenters. The zero-order chi connectivity index (χ0) is 23.0. The molecule has 4 rings (SSSR count). The Balaban J connectivity index is 1.35. The number of anilines is 1. The fraction of sp³-hybridized carbons (Fsp3) is 0.391. The van der Waals surface area contributed by atoms with Crippen molar-refractivity contribution in [2.24, 2.45) is 0 Å². The van der Waals surface area contributed by atoms with Gasteiger partial charge >= 0.3 is 0 Å².